The Morgan fingerprint density at radius 1 is 0.818 bits per heavy atom. The third-order valence-electron chi connectivity index (χ3n) is 14.0. The van der Waals surface area contributed by atoms with Crippen molar-refractivity contribution in [3.63, 3.8) is 0 Å². The first-order valence-corrected chi connectivity index (χ1v) is 24.3. The molecule has 0 spiro atoms. The molecule has 1 aliphatic carbocycles. The summed E-state index contributed by atoms with van der Waals surface area (Å²) < 4.78 is 18.2. The lowest BCUT2D eigenvalue weighted by Crippen LogP contribution is -2.60. The number of hydrogen-bond acceptors (Lipinski definition) is 8. The number of methoxy groups -OCH3 is 2. The average molecular weight is 926 g/mol. The van der Waals surface area contributed by atoms with Crippen LogP contribution in [0.5, 0.6) is 0 Å². The third-order valence-corrected chi connectivity index (χ3v) is 14.5. The molecule has 12 nitrogen and oxygen atoms in total. The molecule has 66 heavy (non-hydrogen) atoms. The van der Waals surface area contributed by atoms with Crippen molar-refractivity contribution >= 4 is 41.0 Å². The smallest absolute Gasteiger partial charge is 0.410 e. The molecule has 360 valence electrons. The first-order valence-electron chi connectivity index (χ1n) is 23.9. The van der Waals surface area contributed by atoms with Crippen LogP contribution in [-0.4, -0.2) is 128 Å². The molecule has 0 unspecified atom stereocenters. The Labute approximate surface area is 399 Å². The number of carbonyl (C=O) groups excluding carboxylic acids is 4. The van der Waals surface area contributed by atoms with Crippen molar-refractivity contribution < 1.29 is 33.4 Å². The zero-order valence-corrected chi connectivity index (χ0v) is 41.9. The van der Waals surface area contributed by atoms with Gasteiger partial charge in [-0.3, -0.25) is 19.3 Å². The van der Waals surface area contributed by atoms with Crippen LogP contribution >= 0.6 is 12.2 Å². The van der Waals surface area contributed by atoms with Crippen molar-refractivity contribution in [3.05, 3.63) is 95.6 Å². The Balaban J connectivity index is 1.24. The fraction of sp³-hybridized carbons (Fsp3) is 0.566. The number of nitrogens with one attached hydrogen (secondary N) is 2. The van der Waals surface area contributed by atoms with Crippen LogP contribution in [0.15, 0.2) is 78.9 Å². The monoisotopic (exact) mass is 926 g/mol. The molecule has 13 heteroatoms. The van der Waals surface area contributed by atoms with Crippen LogP contribution in [0.1, 0.15) is 96.8 Å². The van der Waals surface area contributed by atoms with Crippen LogP contribution in [-0.2, 0) is 35.0 Å². The van der Waals surface area contributed by atoms with E-state index in [2.05, 4.69) is 67.8 Å². The summed E-state index contributed by atoms with van der Waals surface area (Å²) in [6.07, 6.45) is 1.69. The molecule has 1 heterocycles. The van der Waals surface area contributed by atoms with E-state index in [1.165, 1.54) is 10.5 Å². The van der Waals surface area contributed by atoms with E-state index < -0.39 is 36.2 Å². The van der Waals surface area contributed by atoms with E-state index in [9.17, 15) is 19.2 Å². The highest BCUT2D eigenvalue weighted by Crippen LogP contribution is 2.44. The van der Waals surface area contributed by atoms with E-state index in [0.717, 1.165) is 47.9 Å². The van der Waals surface area contributed by atoms with Gasteiger partial charge in [0.15, 0.2) is 0 Å². The quantitative estimate of drug-likeness (QED) is 0.0961. The maximum atomic E-state index is 14.7. The maximum Gasteiger partial charge on any atom is 0.410 e. The van der Waals surface area contributed by atoms with Gasteiger partial charge in [-0.1, -0.05) is 146 Å². The van der Waals surface area contributed by atoms with Gasteiger partial charge in [0, 0.05) is 53.2 Å². The predicted octanol–water partition coefficient (Wildman–Crippen LogP) is 8.11. The second-order valence-electron chi connectivity index (χ2n) is 18.9. The number of hydrogen-bond donors (Lipinski definition) is 2. The van der Waals surface area contributed by atoms with Gasteiger partial charge < -0.3 is 34.6 Å². The Hall–Kier alpha value is -4.85. The Morgan fingerprint density at radius 2 is 1.42 bits per heavy atom. The Morgan fingerprint density at radius 3 is 1.98 bits per heavy atom. The van der Waals surface area contributed by atoms with Gasteiger partial charge in [0.25, 0.3) is 0 Å². The van der Waals surface area contributed by atoms with Gasteiger partial charge in [0.2, 0.25) is 17.7 Å². The Kier molecular flexibility index (Phi) is 19.2. The molecule has 2 aliphatic rings. The van der Waals surface area contributed by atoms with Gasteiger partial charge in [-0.25, -0.2) is 4.79 Å². The largest absolute Gasteiger partial charge is 0.448 e. The standard InChI is InChI=1S/C53H75N5O7S/c1-12-35(6)48(44(63-10)31-45(59)58-30-20-27-43(58)49(64-11)36(7)51(66)54-29-28-37-21-14-13-15-22-37)56(8)52(61)46(33(2)3)55-50(60)47(34(4)5)57(9)53(62)65-32-42-40-25-18-16-23-38(40)39-24-17-19-26-41(39)42/h13-19,21-26,33-36,42-44,46-49H,12,20,27-32H2,1-11H3,(H,54,66)(H,55,60)/t35-,36+,43-,44+,46-,47-,48-,49+/m0/s1. The molecular weight excluding hydrogens is 851 g/mol. The van der Waals surface area contributed by atoms with Crippen LogP contribution in [0.3, 0.4) is 0 Å². The summed E-state index contributed by atoms with van der Waals surface area (Å²) >= 11 is 5.86. The molecule has 1 saturated heterocycles. The van der Waals surface area contributed by atoms with E-state index >= 15 is 0 Å². The molecule has 4 amide bonds. The maximum absolute atomic E-state index is 14.7. The van der Waals surface area contributed by atoms with Crippen molar-refractivity contribution in [2.24, 2.45) is 23.7 Å². The molecule has 1 fully saturated rings. The summed E-state index contributed by atoms with van der Waals surface area (Å²) in [6.45, 7) is 15.1. The van der Waals surface area contributed by atoms with Crippen LogP contribution in [0.4, 0.5) is 4.79 Å². The number of benzene rings is 3. The molecule has 3 aromatic rings. The van der Waals surface area contributed by atoms with E-state index in [-0.39, 0.29) is 66.6 Å². The van der Waals surface area contributed by atoms with Crippen molar-refractivity contribution in [2.75, 3.05) is 48.0 Å². The Bertz CT molecular complexity index is 2050. The second-order valence-corrected chi connectivity index (χ2v) is 19.4. The van der Waals surface area contributed by atoms with Gasteiger partial charge in [-0.15, -0.1) is 0 Å². The molecular formula is C53H75N5O7S. The number of nitrogens with zero attached hydrogens (tertiary/aromatic N) is 3. The number of likely N-dealkylation sites (tertiary alicyclic amines) is 1. The molecule has 0 bridgehead atoms. The van der Waals surface area contributed by atoms with E-state index in [1.54, 1.807) is 33.2 Å². The van der Waals surface area contributed by atoms with Crippen molar-refractivity contribution in [1.82, 2.24) is 25.3 Å². The number of likely N-dealkylation sites (N-methyl/N-ethyl adjacent to an activating group) is 2. The van der Waals surface area contributed by atoms with Crippen LogP contribution < -0.4 is 10.6 Å². The fourth-order valence-corrected chi connectivity index (χ4v) is 10.4. The number of rotatable bonds is 22. The number of fused-ring (bicyclic) bond motifs is 3. The highest BCUT2D eigenvalue weighted by Gasteiger charge is 2.43. The van der Waals surface area contributed by atoms with Gasteiger partial charge >= 0.3 is 6.09 Å². The number of thiocarbonyl (C=S) groups is 1. The van der Waals surface area contributed by atoms with Crippen molar-refractivity contribution in [1.29, 1.82) is 0 Å². The molecule has 8 atom stereocenters. The summed E-state index contributed by atoms with van der Waals surface area (Å²) in [4.78, 5) is 62.7. The van der Waals surface area contributed by atoms with Crippen molar-refractivity contribution in [2.45, 2.75) is 123 Å². The molecule has 0 aromatic heterocycles. The average Bonchev–Trinajstić information content (AvgIpc) is 3.92. The molecule has 1 aliphatic heterocycles. The highest BCUT2D eigenvalue weighted by atomic mass is 32.1. The summed E-state index contributed by atoms with van der Waals surface area (Å²) in [5, 5.41) is 6.46. The lowest BCUT2D eigenvalue weighted by Gasteiger charge is -2.41. The molecule has 3 aromatic carbocycles. The highest BCUT2D eigenvalue weighted by molar-refractivity contribution is 7.80. The fourth-order valence-electron chi connectivity index (χ4n) is 10.1. The van der Waals surface area contributed by atoms with E-state index in [0.29, 0.717) is 18.1 Å². The van der Waals surface area contributed by atoms with Crippen molar-refractivity contribution in [3.8, 4) is 11.1 Å². The minimum Gasteiger partial charge on any atom is -0.448 e. The summed E-state index contributed by atoms with van der Waals surface area (Å²) in [5.74, 6) is -1.73. The van der Waals surface area contributed by atoms with Gasteiger partial charge in [-0.2, -0.15) is 0 Å². The summed E-state index contributed by atoms with van der Waals surface area (Å²) in [5.41, 5.74) is 5.67. The second kappa shape index (κ2) is 24.3. The zero-order valence-electron chi connectivity index (χ0n) is 41.1. The zero-order chi connectivity index (χ0) is 48.2. The van der Waals surface area contributed by atoms with Crippen LogP contribution in [0.2, 0.25) is 0 Å². The third kappa shape index (κ3) is 12.2. The van der Waals surface area contributed by atoms with Crippen LogP contribution in [0.25, 0.3) is 11.1 Å². The molecule has 5 rings (SSSR count). The lowest BCUT2D eigenvalue weighted by atomic mass is 9.89. The van der Waals surface area contributed by atoms with E-state index in [4.69, 9.17) is 26.4 Å². The topological polar surface area (TPSA) is 130 Å². The predicted molar refractivity (Wildman–Crippen MR) is 265 cm³/mol. The normalized spacial score (nSPS) is 17.8. The first-order chi connectivity index (χ1) is 31.6. The first kappa shape index (κ1) is 52.1. The minimum absolute atomic E-state index is 0.0521. The van der Waals surface area contributed by atoms with Gasteiger partial charge in [0.05, 0.1) is 35.7 Å². The number of ether oxygens (including phenoxy) is 3. The lowest BCUT2D eigenvalue weighted by molar-refractivity contribution is -0.147. The van der Waals surface area contributed by atoms with Crippen LogP contribution in [0, 0.1) is 23.7 Å². The summed E-state index contributed by atoms with van der Waals surface area (Å²) in [7, 11) is 6.56. The molecule has 0 saturated carbocycles. The minimum atomic E-state index is -0.920. The van der Waals surface area contributed by atoms with Gasteiger partial charge in [0.1, 0.15) is 18.7 Å². The van der Waals surface area contributed by atoms with Gasteiger partial charge in [-0.05, 0) is 64.8 Å². The molecule has 0 radical (unpaired) electrons. The molecule has 2 N–H and O–H groups in total. The van der Waals surface area contributed by atoms with E-state index in [1.807, 2.05) is 75.1 Å². The summed E-state index contributed by atoms with van der Waals surface area (Å²) in [6, 6.07) is 24.0. The SMILES string of the molecule is CC[C@H](C)[C@@H]([C@@H](CC(=O)N1CCC[C@H]1[C@H](OC)[C@@H](C)C(=S)NCCc1ccccc1)OC)N(C)C(=O)[C@@H](NC(=O)[C@H](C(C)C)N(C)C(=O)OCC1c2ccccc2-c2ccccc21)C(C)C. The number of carbonyl (C=O) groups is 4. The number of amides is 4.